The van der Waals surface area contributed by atoms with E-state index in [1.165, 1.54) is 6.33 Å². The van der Waals surface area contributed by atoms with Gasteiger partial charge in [0.1, 0.15) is 6.33 Å². The van der Waals surface area contributed by atoms with Crippen LogP contribution in [0, 0.1) is 30.9 Å². The molecule has 1 aromatic heterocycles. The summed E-state index contributed by atoms with van der Waals surface area (Å²) in [4.78, 5) is 19.3. The highest BCUT2D eigenvalue weighted by atomic mass is 35.5. The number of nitrogens with one attached hydrogen (secondary N) is 2. The number of hydrogen-bond acceptors (Lipinski definition) is 6. The standard InChI is InChI=1S/C19H18ClN5O2/c1-11-6-12(2)8-15(7-11)23-18-17(25(26)27)19(22-10-21-18)24-16-9-14(20)5-4-13(16)3/h4-10H,1-3H3,(H2,21,22,23,24). The molecule has 0 unspecified atom stereocenters. The van der Waals surface area contributed by atoms with Crippen LogP contribution in [0.4, 0.5) is 28.7 Å². The summed E-state index contributed by atoms with van der Waals surface area (Å²) in [6.07, 6.45) is 1.28. The van der Waals surface area contributed by atoms with Gasteiger partial charge < -0.3 is 10.6 Å². The van der Waals surface area contributed by atoms with E-state index in [1.54, 1.807) is 12.1 Å². The summed E-state index contributed by atoms with van der Waals surface area (Å²) in [5.74, 6) is 0.203. The van der Waals surface area contributed by atoms with Crippen LogP contribution >= 0.6 is 11.6 Å². The molecule has 0 saturated heterocycles. The first kappa shape index (κ1) is 18.6. The number of nitro groups is 1. The minimum Gasteiger partial charge on any atom is -0.334 e. The molecular weight excluding hydrogens is 366 g/mol. The van der Waals surface area contributed by atoms with Gasteiger partial charge in [0.05, 0.1) is 4.92 Å². The predicted molar refractivity (Wildman–Crippen MR) is 107 cm³/mol. The topological polar surface area (TPSA) is 93.0 Å². The van der Waals surface area contributed by atoms with Crippen LogP contribution in [0.1, 0.15) is 16.7 Å². The molecule has 0 spiro atoms. The molecule has 0 aliphatic rings. The van der Waals surface area contributed by atoms with Crippen LogP contribution in [-0.2, 0) is 0 Å². The van der Waals surface area contributed by atoms with E-state index < -0.39 is 4.92 Å². The molecule has 0 saturated carbocycles. The molecular formula is C19H18ClN5O2. The highest BCUT2D eigenvalue weighted by molar-refractivity contribution is 6.30. The Morgan fingerprint density at radius 1 is 0.963 bits per heavy atom. The van der Waals surface area contributed by atoms with E-state index in [4.69, 9.17) is 11.6 Å². The lowest BCUT2D eigenvalue weighted by Crippen LogP contribution is -2.06. The van der Waals surface area contributed by atoms with Crippen LogP contribution in [0.2, 0.25) is 5.02 Å². The van der Waals surface area contributed by atoms with E-state index in [9.17, 15) is 10.1 Å². The minimum atomic E-state index is -0.507. The third kappa shape index (κ3) is 4.32. The molecule has 3 rings (SSSR count). The molecule has 0 bridgehead atoms. The van der Waals surface area contributed by atoms with Crippen molar-refractivity contribution in [3.05, 3.63) is 74.6 Å². The van der Waals surface area contributed by atoms with Crippen molar-refractivity contribution >= 4 is 40.3 Å². The maximum Gasteiger partial charge on any atom is 0.353 e. The van der Waals surface area contributed by atoms with Crippen molar-refractivity contribution < 1.29 is 4.92 Å². The smallest absolute Gasteiger partial charge is 0.334 e. The molecule has 0 aliphatic heterocycles. The molecule has 2 N–H and O–H groups in total. The fourth-order valence-corrected chi connectivity index (χ4v) is 2.95. The van der Waals surface area contributed by atoms with Gasteiger partial charge in [-0.25, -0.2) is 9.97 Å². The van der Waals surface area contributed by atoms with E-state index in [0.29, 0.717) is 10.7 Å². The Morgan fingerprint density at radius 3 is 2.22 bits per heavy atom. The lowest BCUT2D eigenvalue weighted by molar-refractivity contribution is -0.383. The van der Waals surface area contributed by atoms with E-state index in [2.05, 4.69) is 20.6 Å². The van der Waals surface area contributed by atoms with E-state index in [0.717, 1.165) is 22.4 Å². The number of benzene rings is 2. The molecule has 8 heteroatoms. The quantitative estimate of drug-likeness (QED) is 0.449. The van der Waals surface area contributed by atoms with Gasteiger partial charge in [0.2, 0.25) is 11.6 Å². The van der Waals surface area contributed by atoms with Gasteiger partial charge in [-0.1, -0.05) is 23.7 Å². The summed E-state index contributed by atoms with van der Waals surface area (Å²) < 4.78 is 0. The minimum absolute atomic E-state index is 0.0900. The molecule has 0 amide bonds. The number of nitrogens with zero attached hydrogens (tertiary/aromatic N) is 3. The van der Waals surface area contributed by atoms with Gasteiger partial charge in [-0.15, -0.1) is 0 Å². The lowest BCUT2D eigenvalue weighted by atomic mass is 10.1. The second-order valence-electron chi connectivity index (χ2n) is 6.26. The van der Waals surface area contributed by atoms with Crippen LogP contribution in [0.3, 0.4) is 0 Å². The third-order valence-electron chi connectivity index (χ3n) is 3.94. The van der Waals surface area contributed by atoms with Gasteiger partial charge in [0, 0.05) is 16.4 Å². The number of halogens is 1. The summed E-state index contributed by atoms with van der Waals surface area (Å²) >= 11 is 6.03. The summed E-state index contributed by atoms with van der Waals surface area (Å²) in [5.41, 5.74) is 4.09. The largest absolute Gasteiger partial charge is 0.353 e. The van der Waals surface area contributed by atoms with Crippen molar-refractivity contribution in [2.24, 2.45) is 0 Å². The van der Waals surface area contributed by atoms with Gasteiger partial charge in [-0.2, -0.15) is 0 Å². The Labute approximate surface area is 161 Å². The maximum atomic E-state index is 11.7. The van der Waals surface area contributed by atoms with Crippen LogP contribution in [0.15, 0.2) is 42.7 Å². The SMILES string of the molecule is Cc1cc(C)cc(Nc2ncnc(Nc3cc(Cl)ccc3C)c2[N+](=O)[O-])c1. The molecule has 27 heavy (non-hydrogen) atoms. The van der Waals surface area contributed by atoms with Gasteiger partial charge in [0.15, 0.2) is 0 Å². The fourth-order valence-electron chi connectivity index (χ4n) is 2.77. The first-order chi connectivity index (χ1) is 12.8. The van der Waals surface area contributed by atoms with Crippen molar-refractivity contribution in [2.45, 2.75) is 20.8 Å². The molecule has 0 atom stereocenters. The van der Waals surface area contributed by atoms with Gasteiger partial charge in [0.25, 0.3) is 0 Å². The molecule has 2 aromatic carbocycles. The first-order valence-electron chi connectivity index (χ1n) is 8.21. The van der Waals surface area contributed by atoms with Crippen molar-refractivity contribution in [3.8, 4) is 0 Å². The first-order valence-corrected chi connectivity index (χ1v) is 8.59. The number of aromatic nitrogens is 2. The van der Waals surface area contributed by atoms with E-state index >= 15 is 0 Å². The normalized spacial score (nSPS) is 10.5. The monoisotopic (exact) mass is 383 g/mol. The van der Waals surface area contributed by atoms with Crippen LogP contribution in [-0.4, -0.2) is 14.9 Å². The van der Waals surface area contributed by atoms with Gasteiger partial charge in [-0.3, -0.25) is 10.1 Å². The molecule has 138 valence electrons. The number of anilines is 4. The van der Waals surface area contributed by atoms with Crippen LogP contribution < -0.4 is 10.6 Å². The second-order valence-corrected chi connectivity index (χ2v) is 6.70. The van der Waals surface area contributed by atoms with Crippen molar-refractivity contribution in [1.82, 2.24) is 9.97 Å². The Hall–Kier alpha value is -3.19. The highest BCUT2D eigenvalue weighted by Gasteiger charge is 2.24. The molecule has 0 fully saturated rings. The number of hydrogen-bond donors (Lipinski definition) is 2. The zero-order valence-electron chi connectivity index (χ0n) is 15.1. The third-order valence-corrected chi connectivity index (χ3v) is 4.18. The van der Waals surface area contributed by atoms with Crippen LogP contribution in [0.5, 0.6) is 0 Å². The molecule has 1 heterocycles. The number of aryl methyl sites for hydroxylation is 3. The summed E-state index contributed by atoms with van der Waals surface area (Å²) in [5, 5.41) is 18.3. The Kier molecular flexibility index (Phi) is 5.23. The molecule has 3 aromatic rings. The fraction of sp³-hybridized carbons (Fsp3) is 0.158. The van der Waals surface area contributed by atoms with E-state index in [-0.39, 0.29) is 17.3 Å². The average Bonchev–Trinajstić information content (AvgIpc) is 2.57. The van der Waals surface area contributed by atoms with E-state index in [1.807, 2.05) is 45.0 Å². The second kappa shape index (κ2) is 7.59. The average molecular weight is 384 g/mol. The summed E-state index contributed by atoms with van der Waals surface area (Å²) in [6, 6.07) is 11.1. The summed E-state index contributed by atoms with van der Waals surface area (Å²) in [7, 11) is 0. The predicted octanol–water partition coefficient (Wildman–Crippen LogP) is 5.45. The Morgan fingerprint density at radius 2 is 1.59 bits per heavy atom. The zero-order valence-corrected chi connectivity index (χ0v) is 15.8. The molecule has 0 aliphatic carbocycles. The zero-order chi connectivity index (χ0) is 19.6. The maximum absolute atomic E-state index is 11.7. The molecule has 0 radical (unpaired) electrons. The number of rotatable bonds is 5. The van der Waals surface area contributed by atoms with Crippen LogP contribution in [0.25, 0.3) is 0 Å². The summed E-state index contributed by atoms with van der Waals surface area (Å²) in [6.45, 7) is 5.79. The van der Waals surface area contributed by atoms with Crippen molar-refractivity contribution in [3.63, 3.8) is 0 Å². The van der Waals surface area contributed by atoms with Gasteiger partial charge >= 0.3 is 5.69 Å². The lowest BCUT2D eigenvalue weighted by Gasteiger charge is -2.12. The highest BCUT2D eigenvalue weighted by Crippen LogP contribution is 2.34. The molecule has 7 nitrogen and oxygen atoms in total. The Bertz CT molecular complexity index is 1000. The van der Waals surface area contributed by atoms with Crippen molar-refractivity contribution in [2.75, 3.05) is 10.6 Å². The van der Waals surface area contributed by atoms with Crippen molar-refractivity contribution in [1.29, 1.82) is 0 Å². The van der Waals surface area contributed by atoms with Gasteiger partial charge in [-0.05, 0) is 61.7 Å². The Balaban J connectivity index is 2.02.